The predicted octanol–water partition coefficient (Wildman–Crippen LogP) is 7.76. The Kier molecular flexibility index (Phi) is 6.54. The van der Waals surface area contributed by atoms with Gasteiger partial charge in [0.05, 0.1) is 31.4 Å². The number of thioether (sulfide) groups is 1. The number of amides is 1. The molecule has 0 spiro atoms. The maximum absolute atomic E-state index is 13.4. The number of nitro groups is 1. The summed E-state index contributed by atoms with van der Waals surface area (Å²) in [5, 5.41) is 12.2. The van der Waals surface area contributed by atoms with E-state index in [1.54, 1.807) is 23.1 Å². The van der Waals surface area contributed by atoms with Crippen molar-refractivity contribution in [1.82, 2.24) is 4.98 Å². The molecule has 3 aromatic carbocycles. The number of para-hydroxylation sites is 2. The van der Waals surface area contributed by atoms with Gasteiger partial charge in [-0.15, -0.1) is 11.3 Å². The predicted molar refractivity (Wildman–Crippen MR) is 152 cm³/mol. The number of anilines is 1. The first kappa shape index (κ1) is 24.2. The van der Waals surface area contributed by atoms with E-state index >= 15 is 0 Å². The number of hydrogen-bond donors (Lipinski definition) is 0. The zero-order valence-electron chi connectivity index (χ0n) is 19.4. The molecule has 1 saturated heterocycles. The van der Waals surface area contributed by atoms with Gasteiger partial charge < -0.3 is 4.42 Å². The van der Waals surface area contributed by atoms with Gasteiger partial charge in [-0.05, 0) is 66.0 Å². The topological polar surface area (TPSA) is 102 Å². The smallest absolute Gasteiger partial charge is 0.271 e. The van der Waals surface area contributed by atoms with Gasteiger partial charge in [-0.25, -0.2) is 9.98 Å². The van der Waals surface area contributed by atoms with E-state index in [1.165, 1.54) is 47.0 Å². The summed E-state index contributed by atoms with van der Waals surface area (Å²) >= 11 is 3.97. The van der Waals surface area contributed by atoms with Crippen molar-refractivity contribution < 1.29 is 14.1 Å². The summed E-state index contributed by atoms with van der Waals surface area (Å²) in [5.41, 5.74) is 2.21. The molecule has 0 unspecified atom stereocenters. The Labute approximate surface area is 228 Å². The lowest BCUT2D eigenvalue weighted by Crippen LogP contribution is -2.28. The number of aromatic nitrogens is 1. The maximum atomic E-state index is 13.4. The van der Waals surface area contributed by atoms with Crippen LogP contribution in [0.1, 0.15) is 5.76 Å². The van der Waals surface area contributed by atoms with Crippen molar-refractivity contribution in [3.63, 3.8) is 0 Å². The number of nitrogens with zero attached hydrogens (tertiary/aromatic N) is 4. The van der Waals surface area contributed by atoms with Crippen LogP contribution < -0.4 is 4.90 Å². The van der Waals surface area contributed by atoms with Gasteiger partial charge in [0.2, 0.25) is 0 Å². The molecular formula is C27H16N4O4S3. The highest BCUT2D eigenvalue weighted by Gasteiger charge is 2.35. The third-order valence-electron chi connectivity index (χ3n) is 5.43. The van der Waals surface area contributed by atoms with Gasteiger partial charge in [0.1, 0.15) is 5.76 Å². The molecule has 5 aromatic rings. The van der Waals surface area contributed by atoms with E-state index in [4.69, 9.17) is 9.41 Å². The van der Waals surface area contributed by atoms with Crippen LogP contribution in [0.15, 0.2) is 115 Å². The molecule has 0 bridgehead atoms. The van der Waals surface area contributed by atoms with Crippen molar-refractivity contribution in [3.05, 3.63) is 112 Å². The first-order chi connectivity index (χ1) is 18.5. The summed E-state index contributed by atoms with van der Waals surface area (Å²) < 4.78 is 7.40. The minimum Gasteiger partial charge on any atom is -0.450 e. The summed E-state index contributed by atoms with van der Waals surface area (Å²) in [6.45, 7) is 0. The Morgan fingerprint density at radius 2 is 1.76 bits per heavy atom. The number of hydrogen-bond acceptors (Lipinski definition) is 9. The molecule has 6 rings (SSSR count). The number of nitro benzene ring substituents is 1. The van der Waals surface area contributed by atoms with Crippen LogP contribution in [0, 0.1) is 10.1 Å². The van der Waals surface area contributed by atoms with Crippen LogP contribution in [0.5, 0.6) is 0 Å². The average molecular weight is 557 g/mol. The fourth-order valence-electron chi connectivity index (χ4n) is 3.70. The normalized spacial score (nSPS) is 15.7. The van der Waals surface area contributed by atoms with E-state index in [-0.39, 0.29) is 11.6 Å². The van der Waals surface area contributed by atoms with Gasteiger partial charge >= 0.3 is 0 Å². The van der Waals surface area contributed by atoms with Crippen LogP contribution in [0.2, 0.25) is 0 Å². The van der Waals surface area contributed by atoms with Crippen LogP contribution in [-0.2, 0) is 4.79 Å². The molecule has 2 aromatic heterocycles. The summed E-state index contributed by atoms with van der Waals surface area (Å²) in [4.78, 5) is 35.4. The molecule has 0 saturated carbocycles. The van der Waals surface area contributed by atoms with Gasteiger partial charge in [-0.1, -0.05) is 36.4 Å². The standard InChI is InChI=1S/C27H16N4O4S3/c32-25-23(36-26(28-17-7-3-1-4-8-17)30(25)18-9-5-2-6-10-18)16-20-12-14-24(35-20)38-27-29-21-13-11-19(31(33)34)15-22(21)37-27/h1-16H/b23-16-,28-26?. The first-order valence-corrected chi connectivity index (χ1v) is 13.7. The number of furan rings is 1. The molecule has 3 heterocycles. The zero-order chi connectivity index (χ0) is 26.1. The largest absolute Gasteiger partial charge is 0.450 e. The van der Waals surface area contributed by atoms with Crippen LogP contribution in [-0.4, -0.2) is 21.0 Å². The van der Waals surface area contributed by atoms with Crippen LogP contribution in [0.25, 0.3) is 16.3 Å². The van der Waals surface area contributed by atoms with Gasteiger partial charge in [-0.2, -0.15) is 0 Å². The Morgan fingerprint density at radius 3 is 2.53 bits per heavy atom. The molecule has 0 N–H and O–H groups in total. The second kappa shape index (κ2) is 10.3. The molecule has 0 aliphatic carbocycles. The van der Waals surface area contributed by atoms with Gasteiger partial charge in [-0.3, -0.25) is 19.8 Å². The van der Waals surface area contributed by atoms with Crippen LogP contribution >= 0.6 is 34.9 Å². The molecule has 0 atom stereocenters. The van der Waals surface area contributed by atoms with Gasteiger partial charge in [0.15, 0.2) is 14.6 Å². The fourth-order valence-corrected chi connectivity index (χ4v) is 6.68. The monoisotopic (exact) mass is 556 g/mol. The number of thiazole rings is 1. The molecule has 1 aliphatic heterocycles. The summed E-state index contributed by atoms with van der Waals surface area (Å²) in [7, 11) is 0. The second-order valence-corrected chi connectivity index (χ2v) is 11.3. The quantitative estimate of drug-likeness (QED) is 0.120. The van der Waals surface area contributed by atoms with E-state index in [9.17, 15) is 14.9 Å². The Balaban J connectivity index is 1.26. The summed E-state index contributed by atoms with van der Waals surface area (Å²) in [5.74, 6) is 0.336. The molecule has 1 fully saturated rings. The highest BCUT2D eigenvalue weighted by Crippen LogP contribution is 2.39. The summed E-state index contributed by atoms with van der Waals surface area (Å²) in [6, 6.07) is 27.1. The van der Waals surface area contributed by atoms with Crippen molar-refractivity contribution in [3.8, 4) is 0 Å². The third kappa shape index (κ3) is 4.99. The highest BCUT2D eigenvalue weighted by molar-refractivity contribution is 8.19. The number of benzene rings is 3. The van der Waals surface area contributed by atoms with Crippen LogP contribution in [0.4, 0.5) is 17.1 Å². The van der Waals surface area contributed by atoms with E-state index in [0.29, 0.717) is 30.8 Å². The van der Waals surface area contributed by atoms with Crippen LogP contribution in [0.3, 0.4) is 0 Å². The Hall–Kier alpha value is -4.19. The van der Waals surface area contributed by atoms with E-state index in [1.807, 2.05) is 66.7 Å². The van der Waals surface area contributed by atoms with Crippen molar-refractivity contribution in [2.24, 2.45) is 4.99 Å². The Bertz CT molecular complexity index is 1730. The number of rotatable bonds is 6. The fraction of sp³-hybridized carbons (Fsp3) is 0. The van der Waals surface area contributed by atoms with E-state index < -0.39 is 4.92 Å². The van der Waals surface area contributed by atoms with E-state index in [0.717, 1.165) is 16.1 Å². The lowest BCUT2D eigenvalue weighted by molar-refractivity contribution is -0.384. The minimum absolute atomic E-state index is 0.0306. The Morgan fingerprint density at radius 1 is 1.00 bits per heavy atom. The molecule has 186 valence electrons. The molecular weight excluding hydrogens is 541 g/mol. The number of aliphatic imine (C=N–C) groups is 1. The van der Waals surface area contributed by atoms with Crippen molar-refractivity contribution in [2.75, 3.05) is 4.90 Å². The van der Waals surface area contributed by atoms with Crippen molar-refractivity contribution >= 4 is 79.3 Å². The molecule has 38 heavy (non-hydrogen) atoms. The lowest BCUT2D eigenvalue weighted by Gasteiger charge is -2.15. The molecule has 0 radical (unpaired) electrons. The minimum atomic E-state index is -0.421. The first-order valence-electron chi connectivity index (χ1n) is 11.3. The van der Waals surface area contributed by atoms with Gasteiger partial charge in [0, 0.05) is 18.2 Å². The number of carbonyl (C=O) groups is 1. The van der Waals surface area contributed by atoms with Gasteiger partial charge in [0.25, 0.3) is 11.6 Å². The SMILES string of the molecule is O=C1/C(=C/c2ccc(Sc3nc4ccc([N+](=O)[O-])cc4s3)o2)SC(=Nc2ccccc2)N1c1ccccc1. The third-order valence-corrected chi connectivity index (χ3v) is 8.40. The van der Waals surface area contributed by atoms with E-state index in [2.05, 4.69) is 4.98 Å². The maximum Gasteiger partial charge on any atom is 0.271 e. The summed E-state index contributed by atoms with van der Waals surface area (Å²) in [6.07, 6.45) is 1.71. The number of carbonyl (C=O) groups excluding carboxylic acids is 1. The lowest BCUT2D eigenvalue weighted by atomic mass is 10.3. The molecule has 1 aliphatic rings. The highest BCUT2D eigenvalue weighted by atomic mass is 32.2. The number of fused-ring (bicyclic) bond motifs is 1. The number of amidine groups is 1. The number of non-ortho nitro benzene ring substituents is 1. The molecule has 1 amide bonds. The average Bonchev–Trinajstić information content (AvgIpc) is 3.62. The zero-order valence-corrected chi connectivity index (χ0v) is 21.8. The molecule has 8 nitrogen and oxygen atoms in total. The second-order valence-electron chi connectivity index (χ2n) is 7.96. The molecule has 11 heteroatoms. The van der Waals surface area contributed by atoms with Crippen molar-refractivity contribution in [1.29, 1.82) is 0 Å². The van der Waals surface area contributed by atoms with Crippen molar-refractivity contribution in [2.45, 2.75) is 9.43 Å².